The van der Waals surface area contributed by atoms with Gasteiger partial charge in [-0.3, -0.25) is 10.6 Å². The third-order valence-corrected chi connectivity index (χ3v) is 5.23. The Kier molecular flexibility index (Phi) is 8.59. The fraction of sp³-hybridized carbons (Fsp3) is 0.941. The highest BCUT2D eigenvalue weighted by Gasteiger charge is 2.41. The van der Waals surface area contributed by atoms with E-state index < -0.39 is 18.4 Å². The molecule has 1 saturated carbocycles. The molecular weight excluding hydrogens is 361 g/mol. The molecule has 2 fully saturated rings. The summed E-state index contributed by atoms with van der Waals surface area (Å²) in [5.74, 6) is -1.24. The van der Waals surface area contributed by atoms with Crippen LogP contribution in [0.1, 0.15) is 51.9 Å². The Hall–Kier alpha value is -1.10. The van der Waals surface area contributed by atoms with Gasteiger partial charge in [0, 0.05) is 12.1 Å². The zero-order valence-electron chi connectivity index (χ0n) is 15.9. The van der Waals surface area contributed by atoms with Gasteiger partial charge in [-0.1, -0.05) is 0 Å². The van der Waals surface area contributed by atoms with Gasteiger partial charge >= 0.3 is 12.2 Å². The quantitative estimate of drug-likeness (QED) is 0.366. The Morgan fingerprint density at radius 1 is 1.11 bits per heavy atom. The van der Waals surface area contributed by atoms with Gasteiger partial charge < -0.3 is 21.7 Å². The Morgan fingerprint density at radius 2 is 1.81 bits per heavy atom. The van der Waals surface area contributed by atoms with Gasteiger partial charge in [0.25, 0.3) is 0 Å². The van der Waals surface area contributed by atoms with Crippen molar-refractivity contribution in [3.8, 4) is 0 Å². The Bertz CT molecular complexity index is 456. The van der Waals surface area contributed by atoms with Crippen molar-refractivity contribution in [3.63, 3.8) is 0 Å². The molecule has 2 aliphatic rings. The maximum atomic E-state index is 12.7. The molecule has 7 nitrogen and oxygen atoms in total. The zero-order chi connectivity index (χ0) is 19.9. The Balaban J connectivity index is 1.70. The average molecular weight is 394 g/mol. The summed E-state index contributed by atoms with van der Waals surface area (Å²) >= 11 is 0. The van der Waals surface area contributed by atoms with Gasteiger partial charge in [0.2, 0.25) is 0 Å². The number of nitrogens with one attached hydrogen (secondary N) is 5. The van der Waals surface area contributed by atoms with Crippen LogP contribution < -0.4 is 32.3 Å². The van der Waals surface area contributed by atoms with E-state index in [0.29, 0.717) is 19.4 Å². The number of carbonyl (C=O) groups excluding carboxylic acids is 1. The molecule has 0 aromatic carbocycles. The van der Waals surface area contributed by atoms with Crippen molar-refractivity contribution in [2.75, 3.05) is 13.1 Å². The highest BCUT2D eigenvalue weighted by atomic mass is 19.4. The molecule has 1 heterocycles. The van der Waals surface area contributed by atoms with Gasteiger partial charge in [-0.15, -0.1) is 0 Å². The smallest absolute Gasteiger partial charge is 0.335 e. The first-order chi connectivity index (χ1) is 12.8. The lowest BCUT2D eigenvalue weighted by molar-refractivity contribution is -0.182. The zero-order valence-corrected chi connectivity index (χ0v) is 15.9. The minimum Gasteiger partial charge on any atom is -0.335 e. The molecule has 27 heavy (non-hydrogen) atoms. The molecule has 0 bridgehead atoms. The lowest BCUT2D eigenvalue weighted by Gasteiger charge is -2.37. The van der Waals surface area contributed by atoms with Crippen molar-refractivity contribution in [2.45, 2.75) is 82.6 Å². The number of carbonyl (C=O) groups is 1. The standard InChI is InChI=1S/C17H33F3N6O/c1-11-10-14(22-9-3-2-8-21)25-15(23-11)26-16(27)24-13-6-4-12(5-7-13)17(18,19)20/h11-15,22-23,25H,2-10,21H2,1H3,(H2,24,26,27). The first kappa shape index (κ1) is 22.2. The van der Waals surface area contributed by atoms with Crippen molar-refractivity contribution in [1.82, 2.24) is 26.6 Å². The van der Waals surface area contributed by atoms with Gasteiger partial charge in [-0.25, -0.2) is 4.79 Å². The first-order valence-corrected chi connectivity index (χ1v) is 9.87. The van der Waals surface area contributed by atoms with E-state index in [1.165, 1.54) is 0 Å². The molecule has 2 rings (SSSR count). The summed E-state index contributed by atoms with van der Waals surface area (Å²) in [6.07, 6.45) is -0.770. The highest BCUT2D eigenvalue weighted by Crippen LogP contribution is 2.37. The molecular formula is C17H33F3N6O. The van der Waals surface area contributed by atoms with E-state index in [1.807, 2.05) is 6.92 Å². The van der Waals surface area contributed by atoms with E-state index in [0.717, 1.165) is 25.8 Å². The third-order valence-electron chi connectivity index (χ3n) is 5.23. The van der Waals surface area contributed by atoms with Crippen LogP contribution in [0, 0.1) is 5.92 Å². The van der Waals surface area contributed by atoms with Gasteiger partial charge in [0.1, 0.15) is 6.29 Å². The molecule has 1 aliphatic carbocycles. The van der Waals surface area contributed by atoms with Crippen LogP contribution in [0.15, 0.2) is 0 Å². The van der Waals surface area contributed by atoms with Gasteiger partial charge in [-0.05, 0) is 65.0 Å². The molecule has 1 aliphatic heterocycles. The van der Waals surface area contributed by atoms with E-state index in [-0.39, 0.29) is 37.1 Å². The van der Waals surface area contributed by atoms with Gasteiger partial charge in [-0.2, -0.15) is 13.2 Å². The second-order valence-corrected chi connectivity index (χ2v) is 7.61. The normalized spacial score (nSPS) is 32.1. The highest BCUT2D eigenvalue weighted by molar-refractivity contribution is 5.74. The maximum absolute atomic E-state index is 12.7. The predicted molar refractivity (Wildman–Crippen MR) is 97.7 cm³/mol. The largest absolute Gasteiger partial charge is 0.391 e. The van der Waals surface area contributed by atoms with Crippen molar-refractivity contribution in [2.24, 2.45) is 11.7 Å². The van der Waals surface area contributed by atoms with Crippen LogP contribution in [-0.2, 0) is 0 Å². The van der Waals surface area contributed by atoms with Gasteiger partial charge in [0.05, 0.1) is 12.1 Å². The summed E-state index contributed by atoms with van der Waals surface area (Å²) in [6, 6.07) is -0.368. The summed E-state index contributed by atoms with van der Waals surface area (Å²) in [7, 11) is 0. The third kappa shape index (κ3) is 7.81. The molecule has 3 atom stereocenters. The summed E-state index contributed by atoms with van der Waals surface area (Å²) < 4.78 is 38.1. The number of nitrogens with two attached hydrogens (primary N) is 1. The molecule has 0 aromatic heterocycles. The molecule has 10 heteroatoms. The molecule has 0 spiro atoms. The number of urea groups is 1. The topological polar surface area (TPSA) is 103 Å². The monoisotopic (exact) mass is 394 g/mol. The summed E-state index contributed by atoms with van der Waals surface area (Å²) in [5, 5.41) is 15.5. The minimum atomic E-state index is -4.13. The molecule has 7 N–H and O–H groups in total. The predicted octanol–water partition coefficient (Wildman–Crippen LogP) is 1.32. The number of hydrogen-bond donors (Lipinski definition) is 6. The van der Waals surface area contributed by atoms with Crippen molar-refractivity contribution >= 4 is 6.03 Å². The number of halogens is 3. The van der Waals surface area contributed by atoms with E-state index in [9.17, 15) is 18.0 Å². The SMILES string of the molecule is CC1CC(NCCCCN)NC(NC(=O)NC2CCC(C(F)(F)F)CC2)N1. The second-order valence-electron chi connectivity index (χ2n) is 7.61. The van der Waals surface area contributed by atoms with Crippen molar-refractivity contribution in [1.29, 1.82) is 0 Å². The molecule has 2 amide bonds. The van der Waals surface area contributed by atoms with E-state index >= 15 is 0 Å². The Morgan fingerprint density at radius 3 is 2.44 bits per heavy atom. The molecule has 1 saturated heterocycles. The van der Waals surface area contributed by atoms with E-state index in [1.54, 1.807) is 0 Å². The fourth-order valence-corrected chi connectivity index (χ4v) is 3.72. The number of unbranched alkanes of at least 4 members (excludes halogenated alkanes) is 1. The van der Waals surface area contributed by atoms with Crippen LogP contribution in [0.2, 0.25) is 0 Å². The number of amides is 2. The second kappa shape index (κ2) is 10.4. The van der Waals surface area contributed by atoms with Crippen LogP contribution in [-0.4, -0.2) is 49.8 Å². The van der Waals surface area contributed by atoms with Crippen LogP contribution in [0.3, 0.4) is 0 Å². The average Bonchev–Trinajstić information content (AvgIpc) is 2.58. The van der Waals surface area contributed by atoms with E-state index in [4.69, 9.17) is 5.73 Å². The Labute approximate surface area is 158 Å². The number of rotatable bonds is 7. The molecule has 158 valence electrons. The summed E-state index contributed by atoms with van der Waals surface area (Å²) in [6.45, 7) is 3.57. The number of alkyl halides is 3. The molecule has 0 aromatic rings. The first-order valence-electron chi connectivity index (χ1n) is 9.87. The van der Waals surface area contributed by atoms with Crippen LogP contribution in [0.4, 0.5) is 18.0 Å². The molecule has 3 unspecified atom stereocenters. The maximum Gasteiger partial charge on any atom is 0.391 e. The van der Waals surface area contributed by atoms with Crippen LogP contribution in [0.5, 0.6) is 0 Å². The van der Waals surface area contributed by atoms with Crippen LogP contribution >= 0.6 is 0 Å². The minimum absolute atomic E-state index is 0.0696. The van der Waals surface area contributed by atoms with Crippen LogP contribution in [0.25, 0.3) is 0 Å². The summed E-state index contributed by atoms with van der Waals surface area (Å²) in [5.41, 5.74) is 5.49. The molecule has 0 radical (unpaired) electrons. The van der Waals surface area contributed by atoms with E-state index in [2.05, 4.69) is 26.6 Å². The number of hydrogen-bond acceptors (Lipinski definition) is 5. The lowest BCUT2D eigenvalue weighted by atomic mass is 9.86. The van der Waals surface area contributed by atoms with Gasteiger partial charge in [0.15, 0.2) is 0 Å². The van der Waals surface area contributed by atoms with Crippen molar-refractivity contribution < 1.29 is 18.0 Å². The van der Waals surface area contributed by atoms with Crippen molar-refractivity contribution in [3.05, 3.63) is 0 Å². The lowest BCUT2D eigenvalue weighted by Crippen LogP contribution is -2.68. The summed E-state index contributed by atoms with van der Waals surface area (Å²) in [4.78, 5) is 12.2. The fourth-order valence-electron chi connectivity index (χ4n) is 3.72.